The maximum absolute atomic E-state index is 11.1. The number of carbonyl (C=O) groups excluding carboxylic acids is 1. The van der Waals surface area contributed by atoms with E-state index in [1.807, 2.05) is 36.4 Å². The standard InChI is InChI=1S/C20H24ClNO4.BrH/c1-14(22-12-19(23)16-4-3-5-17(21)11-16)10-15-6-8-18(9-7-15)26-13-20(24)25-2;/h3-9,11,14,19,22-23H,10,12-13H2,1-2H3;1H/t14-,19+;/m0./s1. The van der Waals surface area contributed by atoms with Crippen molar-refractivity contribution in [2.24, 2.45) is 0 Å². The summed E-state index contributed by atoms with van der Waals surface area (Å²) in [5.74, 6) is 0.210. The average molecular weight is 459 g/mol. The number of methoxy groups -OCH3 is 1. The highest BCUT2D eigenvalue weighted by atomic mass is 79.9. The van der Waals surface area contributed by atoms with Crippen LogP contribution in [0.15, 0.2) is 48.5 Å². The average Bonchev–Trinajstić information content (AvgIpc) is 2.65. The Hall–Kier alpha value is -1.60. The van der Waals surface area contributed by atoms with Crippen molar-refractivity contribution in [3.05, 3.63) is 64.7 Å². The van der Waals surface area contributed by atoms with E-state index < -0.39 is 12.1 Å². The molecule has 0 bridgehead atoms. The maximum Gasteiger partial charge on any atom is 0.343 e. The van der Waals surface area contributed by atoms with Gasteiger partial charge in [-0.3, -0.25) is 0 Å². The molecule has 0 fully saturated rings. The lowest BCUT2D eigenvalue weighted by Crippen LogP contribution is -2.32. The zero-order chi connectivity index (χ0) is 18.9. The number of rotatable bonds is 9. The van der Waals surface area contributed by atoms with Crippen molar-refractivity contribution in [2.45, 2.75) is 25.5 Å². The highest BCUT2D eigenvalue weighted by molar-refractivity contribution is 8.93. The molecule has 2 atom stereocenters. The van der Waals surface area contributed by atoms with Crippen molar-refractivity contribution in [3.63, 3.8) is 0 Å². The summed E-state index contributed by atoms with van der Waals surface area (Å²) in [6.07, 6.45) is 0.199. The first kappa shape index (κ1) is 23.4. The zero-order valence-corrected chi connectivity index (χ0v) is 17.8. The van der Waals surface area contributed by atoms with Crippen molar-refractivity contribution in [3.8, 4) is 5.75 Å². The van der Waals surface area contributed by atoms with Crippen LogP contribution in [-0.4, -0.2) is 37.4 Å². The molecule has 0 spiro atoms. The number of ether oxygens (including phenoxy) is 2. The van der Waals surface area contributed by atoms with Crippen LogP contribution >= 0.6 is 28.6 Å². The minimum absolute atomic E-state index is 0. The second kappa shape index (κ2) is 12.0. The van der Waals surface area contributed by atoms with Gasteiger partial charge in [-0.05, 0) is 48.7 Å². The van der Waals surface area contributed by atoms with Gasteiger partial charge in [0.05, 0.1) is 13.2 Å². The monoisotopic (exact) mass is 457 g/mol. The molecular formula is C20H25BrClNO4. The van der Waals surface area contributed by atoms with Crippen LogP contribution in [0.5, 0.6) is 5.75 Å². The van der Waals surface area contributed by atoms with Crippen molar-refractivity contribution in [2.75, 3.05) is 20.3 Å². The molecule has 27 heavy (non-hydrogen) atoms. The molecule has 2 N–H and O–H groups in total. The molecule has 0 amide bonds. The van der Waals surface area contributed by atoms with Crippen LogP contribution < -0.4 is 10.1 Å². The molecule has 2 rings (SSSR count). The summed E-state index contributed by atoms with van der Waals surface area (Å²) in [6, 6.07) is 15.0. The summed E-state index contributed by atoms with van der Waals surface area (Å²) >= 11 is 5.95. The summed E-state index contributed by atoms with van der Waals surface area (Å²) in [4.78, 5) is 11.1. The van der Waals surface area contributed by atoms with E-state index in [2.05, 4.69) is 17.0 Å². The first-order valence-electron chi connectivity index (χ1n) is 8.43. The number of hydrogen-bond donors (Lipinski definition) is 2. The van der Waals surface area contributed by atoms with Crippen LogP contribution in [0, 0.1) is 0 Å². The summed E-state index contributed by atoms with van der Waals surface area (Å²) in [7, 11) is 1.33. The van der Waals surface area contributed by atoms with Gasteiger partial charge in [0.15, 0.2) is 6.61 Å². The van der Waals surface area contributed by atoms with Crippen LogP contribution in [0.4, 0.5) is 0 Å². The summed E-state index contributed by atoms with van der Waals surface area (Å²) < 4.78 is 9.86. The molecule has 0 aromatic heterocycles. The third-order valence-corrected chi connectivity index (χ3v) is 4.18. The fourth-order valence-corrected chi connectivity index (χ4v) is 2.69. The van der Waals surface area contributed by atoms with Crippen molar-refractivity contribution in [1.29, 1.82) is 0 Å². The van der Waals surface area contributed by atoms with Gasteiger partial charge in [-0.25, -0.2) is 4.79 Å². The fourth-order valence-electron chi connectivity index (χ4n) is 2.49. The van der Waals surface area contributed by atoms with Gasteiger partial charge in [0.25, 0.3) is 0 Å². The van der Waals surface area contributed by atoms with Crippen molar-refractivity contribution >= 4 is 34.6 Å². The molecule has 2 aromatic carbocycles. The highest BCUT2D eigenvalue weighted by Gasteiger charge is 2.10. The molecule has 0 heterocycles. The highest BCUT2D eigenvalue weighted by Crippen LogP contribution is 2.18. The number of nitrogens with one attached hydrogen (secondary N) is 1. The molecular weight excluding hydrogens is 434 g/mol. The molecule has 0 saturated carbocycles. The Morgan fingerprint density at radius 1 is 1.22 bits per heavy atom. The van der Waals surface area contributed by atoms with E-state index in [0.29, 0.717) is 17.3 Å². The Balaban J connectivity index is 0.00000364. The van der Waals surface area contributed by atoms with Gasteiger partial charge in [-0.1, -0.05) is 35.9 Å². The minimum Gasteiger partial charge on any atom is -0.482 e. The Morgan fingerprint density at radius 3 is 2.56 bits per heavy atom. The van der Waals surface area contributed by atoms with Crippen LogP contribution in [0.25, 0.3) is 0 Å². The Bertz CT molecular complexity index is 711. The van der Waals surface area contributed by atoms with Gasteiger partial charge >= 0.3 is 5.97 Å². The van der Waals surface area contributed by atoms with Gasteiger partial charge in [-0.2, -0.15) is 0 Å². The van der Waals surface area contributed by atoms with Crippen LogP contribution in [-0.2, 0) is 16.0 Å². The van der Waals surface area contributed by atoms with E-state index in [-0.39, 0.29) is 29.6 Å². The van der Waals surface area contributed by atoms with Gasteiger partial charge in [-0.15, -0.1) is 17.0 Å². The van der Waals surface area contributed by atoms with E-state index in [4.69, 9.17) is 16.3 Å². The zero-order valence-electron chi connectivity index (χ0n) is 15.4. The normalized spacial score (nSPS) is 12.6. The van der Waals surface area contributed by atoms with Gasteiger partial charge in [0, 0.05) is 17.6 Å². The minimum atomic E-state index is -0.606. The first-order chi connectivity index (χ1) is 12.5. The predicted octanol–water partition coefficient (Wildman–Crippen LogP) is 3.72. The third-order valence-electron chi connectivity index (χ3n) is 3.94. The largest absolute Gasteiger partial charge is 0.482 e. The van der Waals surface area contributed by atoms with Crippen molar-refractivity contribution in [1.82, 2.24) is 5.32 Å². The number of esters is 1. The number of carbonyl (C=O) groups is 1. The van der Waals surface area contributed by atoms with E-state index in [9.17, 15) is 9.90 Å². The number of aliphatic hydroxyl groups is 1. The van der Waals surface area contributed by atoms with Gasteiger partial charge in [0.1, 0.15) is 5.75 Å². The SMILES string of the molecule is Br.COC(=O)COc1ccc(C[C@H](C)NC[C@@H](O)c2cccc(Cl)c2)cc1. The molecule has 2 aromatic rings. The second-order valence-corrected chi connectivity index (χ2v) is 6.53. The fraction of sp³-hybridized carbons (Fsp3) is 0.350. The smallest absolute Gasteiger partial charge is 0.343 e. The predicted molar refractivity (Wildman–Crippen MR) is 112 cm³/mol. The first-order valence-corrected chi connectivity index (χ1v) is 8.81. The molecule has 5 nitrogen and oxygen atoms in total. The van der Waals surface area contributed by atoms with E-state index >= 15 is 0 Å². The maximum atomic E-state index is 11.1. The molecule has 0 aliphatic heterocycles. The lowest BCUT2D eigenvalue weighted by molar-refractivity contribution is -0.142. The number of hydrogen-bond acceptors (Lipinski definition) is 5. The number of benzene rings is 2. The third kappa shape index (κ3) is 8.30. The summed E-state index contributed by atoms with van der Waals surface area (Å²) in [5.41, 5.74) is 1.93. The molecule has 0 radical (unpaired) electrons. The second-order valence-electron chi connectivity index (χ2n) is 6.09. The molecule has 0 aliphatic rings. The summed E-state index contributed by atoms with van der Waals surface area (Å²) in [6.45, 7) is 2.41. The van der Waals surface area contributed by atoms with Gasteiger partial charge < -0.3 is 19.9 Å². The summed E-state index contributed by atoms with van der Waals surface area (Å²) in [5, 5.41) is 14.2. The van der Waals surface area contributed by atoms with Gasteiger partial charge in [0.2, 0.25) is 0 Å². The molecule has 7 heteroatoms. The number of aliphatic hydroxyl groups excluding tert-OH is 1. The Morgan fingerprint density at radius 2 is 1.93 bits per heavy atom. The van der Waals surface area contributed by atoms with Crippen LogP contribution in [0.2, 0.25) is 5.02 Å². The van der Waals surface area contributed by atoms with E-state index in [1.54, 1.807) is 12.1 Å². The molecule has 0 saturated heterocycles. The lowest BCUT2D eigenvalue weighted by Gasteiger charge is -2.18. The lowest BCUT2D eigenvalue weighted by atomic mass is 10.1. The van der Waals surface area contributed by atoms with Crippen molar-refractivity contribution < 1.29 is 19.4 Å². The topological polar surface area (TPSA) is 67.8 Å². The molecule has 0 unspecified atom stereocenters. The Labute approximate surface area is 175 Å². The molecule has 148 valence electrons. The van der Waals surface area contributed by atoms with E-state index in [1.165, 1.54) is 7.11 Å². The van der Waals surface area contributed by atoms with E-state index in [0.717, 1.165) is 17.5 Å². The van der Waals surface area contributed by atoms with Crippen LogP contribution in [0.1, 0.15) is 24.2 Å². The molecule has 0 aliphatic carbocycles. The Kier molecular flexibility index (Phi) is 10.4. The van der Waals surface area contributed by atoms with Crippen LogP contribution in [0.3, 0.4) is 0 Å². The number of halogens is 2. The quantitative estimate of drug-likeness (QED) is 0.561.